The first-order valence-corrected chi connectivity index (χ1v) is 41.5. The molecule has 0 unspecified atom stereocenters. The first-order chi connectivity index (χ1) is 13.3. The Labute approximate surface area is 237 Å². The van der Waals surface area contributed by atoms with Crippen LogP contribution in [0.4, 0.5) is 0 Å². The zero-order chi connectivity index (χ0) is 25.0. The van der Waals surface area contributed by atoms with Crippen molar-refractivity contribution in [2.24, 2.45) is 0 Å². The average Bonchev–Trinajstić information content (AvgIpc) is 2.39. The van der Waals surface area contributed by atoms with Gasteiger partial charge in [0.15, 0.2) is 0 Å². The lowest BCUT2D eigenvalue weighted by Crippen LogP contribution is -2.60. The SMILES string of the molecule is C[Si](C)(C)C(c1cccc(C([Si](C)(C)C)[Si](C)(C)C)c1[Si](Br)(Br)[Si](Br)(Br)Br)[Si](C)(C)C. The molecule has 11 heteroatoms. The van der Waals surface area contributed by atoms with E-state index in [0.29, 0.717) is 10.3 Å². The normalized spacial score (nSPS) is 15.2. The standard InChI is InChI=1S/C20H41Br5Si6/c1-26(2,3)19(27(4,5)6)16-14-13-15-17(18(16)30(21,22)31(23,24)25)20(28(7,8)9)29(10,11)12/h13-15,19-20H,1-12H3. The quantitative estimate of drug-likeness (QED) is 0.181. The van der Waals surface area contributed by atoms with Crippen LogP contribution in [0, 0.1) is 0 Å². The predicted molar refractivity (Wildman–Crippen MR) is 181 cm³/mol. The van der Waals surface area contributed by atoms with Gasteiger partial charge < -0.3 is 0 Å². The van der Waals surface area contributed by atoms with Crippen molar-refractivity contribution in [3.8, 4) is 0 Å². The third-order valence-corrected chi connectivity index (χ3v) is 87.1. The van der Waals surface area contributed by atoms with Crippen molar-refractivity contribution in [2.75, 3.05) is 0 Å². The van der Waals surface area contributed by atoms with E-state index in [0.717, 1.165) is 0 Å². The van der Waals surface area contributed by atoms with E-state index in [9.17, 15) is 0 Å². The molecule has 180 valence electrons. The van der Waals surface area contributed by atoms with Crippen LogP contribution in [0.3, 0.4) is 0 Å². The monoisotopic (exact) mass is 844 g/mol. The molecular formula is C20H41Br5Si6. The van der Waals surface area contributed by atoms with Crippen LogP contribution in [-0.4, -0.2) is 40.6 Å². The minimum atomic E-state index is -2.21. The van der Waals surface area contributed by atoms with Crippen LogP contribution in [0.2, 0.25) is 78.6 Å². The van der Waals surface area contributed by atoms with Gasteiger partial charge in [-0.15, -0.1) is 30.6 Å². The molecule has 1 rings (SSSR count). The Morgan fingerprint density at radius 1 is 0.516 bits per heavy atom. The van der Waals surface area contributed by atoms with Gasteiger partial charge in [0.25, 0.3) is 8.28 Å². The summed E-state index contributed by atoms with van der Waals surface area (Å²) in [5.41, 5.74) is 3.29. The summed E-state index contributed by atoms with van der Waals surface area (Å²) in [6, 6.07) is 7.37. The van der Waals surface area contributed by atoms with E-state index in [1.807, 2.05) is 0 Å². The first-order valence-electron chi connectivity index (χ1n) is 10.9. The molecule has 1 aromatic carbocycles. The number of benzene rings is 1. The number of hydrogen-bond acceptors (Lipinski definition) is 0. The third kappa shape index (κ3) is 7.70. The van der Waals surface area contributed by atoms with Crippen molar-refractivity contribution in [1.82, 2.24) is 0 Å². The molecule has 0 fully saturated rings. The summed E-state index contributed by atoms with van der Waals surface area (Å²) in [5.74, 6) is 0. The first kappa shape index (κ1) is 32.0. The van der Waals surface area contributed by atoms with Crippen molar-refractivity contribution >= 4 is 122 Å². The highest BCUT2D eigenvalue weighted by Gasteiger charge is 2.56. The molecule has 0 aliphatic heterocycles. The summed E-state index contributed by atoms with van der Waals surface area (Å²) in [6.45, 7) is 30.9. The van der Waals surface area contributed by atoms with Gasteiger partial charge in [0.05, 0.1) is 0 Å². The van der Waals surface area contributed by atoms with E-state index in [4.69, 9.17) is 0 Å². The van der Waals surface area contributed by atoms with Gasteiger partial charge in [-0.1, -0.05) is 143 Å². The molecule has 0 atom stereocenters. The molecule has 0 spiro atoms. The zero-order valence-corrected chi connectivity index (χ0v) is 35.2. The molecular weight excluding hydrogens is 808 g/mol. The molecule has 0 saturated heterocycles. The second-order valence-electron chi connectivity index (χ2n) is 13.2. The molecule has 0 aromatic heterocycles. The molecule has 0 heterocycles. The minimum Gasteiger partial charge on any atom is -0.105 e. The predicted octanol–water partition coefficient (Wildman–Crippen LogP) is 10.0. The maximum atomic E-state index is 4.35. The van der Waals surface area contributed by atoms with E-state index in [2.05, 4.69) is 173 Å². The Balaban J connectivity index is 4.25. The molecule has 0 aliphatic rings. The fourth-order valence-corrected chi connectivity index (χ4v) is 43.4. The van der Waals surface area contributed by atoms with Gasteiger partial charge in [0.1, 0.15) is 0 Å². The summed E-state index contributed by atoms with van der Waals surface area (Å²) < 4.78 is -2.05. The molecule has 0 aliphatic carbocycles. The lowest BCUT2D eigenvalue weighted by molar-refractivity contribution is 1.15. The van der Waals surface area contributed by atoms with Crippen LogP contribution >= 0.6 is 76.5 Å². The molecule has 1 aromatic rings. The molecule has 0 radical (unpaired) electrons. The van der Waals surface area contributed by atoms with E-state index < -0.39 is 40.6 Å². The van der Waals surface area contributed by atoms with E-state index in [1.54, 1.807) is 16.3 Å². The van der Waals surface area contributed by atoms with Crippen molar-refractivity contribution in [3.63, 3.8) is 0 Å². The van der Waals surface area contributed by atoms with Crippen molar-refractivity contribution in [1.29, 1.82) is 0 Å². The lowest BCUT2D eigenvalue weighted by Gasteiger charge is -2.46. The highest BCUT2D eigenvalue weighted by molar-refractivity contribution is 9.81. The Hall–Kier alpha value is 2.92. The zero-order valence-electron chi connectivity index (χ0n) is 21.3. The summed E-state index contributed by atoms with van der Waals surface area (Å²) in [4.78, 5) is -2.21. The van der Waals surface area contributed by atoms with E-state index in [1.165, 1.54) is 0 Å². The largest absolute Gasteiger partial charge is 0.283 e. The highest BCUT2D eigenvalue weighted by atomic mass is 80.0. The van der Waals surface area contributed by atoms with Crippen molar-refractivity contribution in [2.45, 2.75) is 88.9 Å². The van der Waals surface area contributed by atoms with Gasteiger partial charge in [-0.05, 0) is 26.6 Å². The fourth-order valence-electron chi connectivity index (χ4n) is 6.04. The van der Waals surface area contributed by atoms with Gasteiger partial charge in [0.2, 0.25) is 0 Å². The van der Waals surface area contributed by atoms with Crippen LogP contribution in [0.25, 0.3) is 0 Å². The van der Waals surface area contributed by atoms with Crippen molar-refractivity contribution < 1.29 is 0 Å². The molecule has 31 heavy (non-hydrogen) atoms. The Kier molecular flexibility index (Phi) is 10.7. The maximum absolute atomic E-state index is 4.35. The molecule has 0 bridgehead atoms. The second-order valence-corrected chi connectivity index (χ2v) is 84.3. The third-order valence-electron chi connectivity index (χ3n) is 5.89. The Bertz CT molecular complexity index is 701. The minimum absolute atomic E-state index is 0.713. The average molecular weight is 850 g/mol. The van der Waals surface area contributed by atoms with Gasteiger partial charge >= 0.3 is 0 Å². The van der Waals surface area contributed by atoms with Gasteiger partial charge in [-0.25, -0.2) is 0 Å². The maximum Gasteiger partial charge on any atom is 0.283 e. The summed E-state index contributed by atoms with van der Waals surface area (Å²) in [7, 11) is -5.79. The summed E-state index contributed by atoms with van der Waals surface area (Å²) >= 11 is 21.0. The summed E-state index contributed by atoms with van der Waals surface area (Å²) in [5, 5.41) is 3.06. The van der Waals surface area contributed by atoms with Gasteiger partial charge in [-0.2, -0.15) is 0 Å². The second kappa shape index (κ2) is 10.4. The number of rotatable bonds is 8. The Morgan fingerprint density at radius 2 is 0.774 bits per heavy atom. The molecule has 0 nitrogen and oxygen atoms in total. The Morgan fingerprint density at radius 3 is 0.968 bits per heavy atom. The fraction of sp³-hybridized carbons (Fsp3) is 0.700. The van der Waals surface area contributed by atoms with E-state index >= 15 is 0 Å². The van der Waals surface area contributed by atoms with Crippen LogP contribution in [0.1, 0.15) is 21.5 Å². The smallest absolute Gasteiger partial charge is 0.105 e. The summed E-state index contributed by atoms with van der Waals surface area (Å²) in [6.07, 6.45) is 0. The van der Waals surface area contributed by atoms with Crippen molar-refractivity contribution in [3.05, 3.63) is 29.3 Å². The highest BCUT2D eigenvalue weighted by Crippen LogP contribution is 2.49. The van der Waals surface area contributed by atoms with Crippen LogP contribution < -0.4 is 5.19 Å². The van der Waals surface area contributed by atoms with E-state index in [-0.39, 0.29) is 0 Å². The molecule has 0 saturated carbocycles. The van der Waals surface area contributed by atoms with Crippen LogP contribution in [0.5, 0.6) is 0 Å². The van der Waals surface area contributed by atoms with Crippen LogP contribution in [-0.2, 0) is 0 Å². The topological polar surface area (TPSA) is 0 Å². The lowest BCUT2D eigenvalue weighted by atomic mass is 10.1. The molecule has 0 N–H and O–H groups in total. The number of halogens is 5. The number of hydrogen-bond donors (Lipinski definition) is 0. The van der Waals surface area contributed by atoms with Gasteiger partial charge in [-0.3, -0.25) is 0 Å². The van der Waals surface area contributed by atoms with Crippen LogP contribution in [0.15, 0.2) is 18.2 Å². The van der Waals surface area contributed by atoms with Gasteiger partial charge in [0, 0.05) is 32.3 Å². The molecule has 0 amide bonds.